The Bertz CT molecular complexity index is 1910. The minimum atomic E-state index is -1.14. The van der Waals surface area contributed by atoms with Gasteiger partial charge in [-0.25, -0.2) is 9.07 Å². The average molecular weight is 610 g/mol. The number of halogens is 1. The van der Waals surface area contributed by atoms with Crippen molar-refractivity contribution >= 4 is 46.1 Å². The Morgan fingerprint density at radius 2 is 1.67 bits per heavy atom. The number of nitrogens with two attached hydrogens (primary N) is 1. The number of hydrogen-bond acceptors (Lipinski definition) is 8. The molecule has 13 heteroatoms. The molecule has 3 aliphatic rings. The molecule has 3 aromatic carbocycles. The number of piperidine rings is 1. The van der Waals surface area contributed by atoms with E-state index in [9.17, 15) is 24.0 Å². The standard InChI is InChI=1S/C32H28FN7O5/c33-27-18(4-9-22-26(27)32(45)40(31(22)44)24-10-11-25(41)35-30(24)43)16-37-12-14-38(15-13-37)20-5-7-21(8-6-20)39-17-19-2-1-3-23(29(34)42)28(19)36-39/h1-9,17,24H,10-16H2,(H2,34,42)(H,35,41,43). The number of rotatable bonds is 6. The van der Waals surface area contributed by atoms with Crippen molar-refractivity contribution in [3.8, 4) is 5.69 Å². The molecule has 1 atom stereocenters. The van der Waals surface area contributed by atoms with Crippen LogP contribution in [0.2, 0.25) is 0 Å². The second-order valence-electron chi connectivity index (χ2n) is 11.4. The van der Waals surface area contributed by atoms with E-state index in [0.717, 1.165) is 21.7 Å². The molecule has 1 unspecified atom stereocenters. The highest BCUT2D eigenvalue weighted by Crippen LogP contribution is 2.31. The number of carbonyl (C=O) groups is 5. The molecule has 228 valence electrons. The van der Waals surface area contributed by atoms with E-state index in [-0.39, 0.29) is 30.5 Å². The van der Waals surface area contributed by atoms with E-state index in [1.807, 2.05) is 36.5 Å². The molecule has 45 heavy (non-hydrogen) atoms. The van der Waals surface area contributed by atoms with Gasteiger partial charge >= 0.3 is 0 Å². The van der Waals surface area contributed by atoms with Crippen LogP contribution in [-0.4, -0.2) is 81.3 Å². The highest BCUT2D eigenvalue weighted by molar-refractivity contribution is 6.23. The van der Waals surface area contributed by atoms with E-state index < -0.39 is 41.4 Å². The number of carbonyl (C=O) groups excluding carboxylic acids is 5. The molecule has 0 radical (unpaired) electrons. The Labute approximate surface area is 256 Å². The van der Waals surface area contributed by atoms with Crippen molar-refractivity contribution in [3.05, 3.63) is 88.9 Å². The quantitative estimate of drug-likeness (QED) is 0.315. The summed E-state index contributed by atoms with van der Waals surface area (Å²) in [6.45, 7) is 2.94. The van der Waals surface area contributed by atoms with E-state index in [0.29, 0.717) is 42.8 Å². The molecule has 12 nitrogen and oxygen atoms in total. The first-order valence-corrected chi connectivity index (χ1v) is 14.6. The molecule has 4 aromatic rings. The Balaban J connectivity index is 1.00. The zero-order chi connectivity index (χ0) is 31.4. The van der Waals surface area contributed by atoms with Gasteiger partial charge in [0.05, 0.1) is 22.4 Å². The van der Waals surface area contributed by atoms with E-state index in [1.54, 1.807) is 16.8 Å². The lowest BCUT2D eigenvalue weighted by atomic mass is 10.0. The first-order chi connectivity index (χ1) is 21.7. The number of piperazine rings is 1. The Morgan fingerprint density at radius 1 is 0.933 bits per heavy atom. The minimum absolute atomic E-state index is 0.00547. The van der Waals surface area contributed by atoms with Gasteiger partial charge in [-0.2, -0.15) is 5.10 Å². The van der Waals surface area contributed by atoms with E-state index in [2.05, 4.69) is 20.2 Å². The predicted octanol–water partition coefficient (Wildman–Crippen LogP) is 1.99. The fraction of sp³-hybridized carbons (Fsp3) is 0.250. The van der Waals surface area contributed by atoms with Gasteiger partial charge in [-0.3, -0.25) is 39.1 Å². The van der Waals surface area contributed by atoms with Gasteiger partial charge in [0.1, 0.15) is 17.4 Å². The van der Waals surface area contributed by atoms with Gasteiger partial charge in [0.25, 0.3) is 17.7 Å². The molecule has 2 saturated heterocycles. The summed E-state index contributed by atoms with van der Waals surface area (Å²) in [7, 11) is 0. The van der Waals surface area contributed by atoms with Crippen LogP contribution in [0.15, 0.2) is 60.8 Å². The predicted molar refractivity (Wildman–Crippen MR) is 160 cm³/mol. The van der Waals surface area contributed by atoms with Gasteiger partial charge < -0.3 is 10.6 Å². The molecule has 0 bridgehead atoms. The molecule has 0 aliphatic carbocycles. The summed E-state index contributed by atoms with van der Waals surface area (Å²) in [4.78, 5) is 66.8. The maximum atomic E-state index is 15.7. The molecule has 2 fully saturated rings. The number of nitrogens with zero attached hydrogens (tertiary/aromatic N) is 5. The molecule has 3 aliphatic heterocycles. The van der Waals surface area contributed by atoms with Crippen molar-refractivity contribution in [2.24, 2.45) is 5.73 Å². The molecule has 5 amide bonds. The molecular formula is C32H28FN7O5. The molecule has 0 spiro atoms. The lowest BCUT2D eigenvalue weighted by Crippen LogP contribution is -2.54. The van der Waals surface area contributed by atoms with Crippen molar-refractivity contribution in [2.75, 3.05) is 31.1 Å². The Kier molecular flexibility index (Phi) is 6.89. The number of hydrogen-bond donors (Lipinski definition) is 2. The highest BCUT2D eigenvalue weighted by atomic mass is 19.1. The van der Waals surface area contributed by atoms with Crippen molar-refractivity contribution in [1.82, 2.24) is 24.9 Å². The SMILES string of the molecule is NC(=O)c1cccc2cn(-c3ccc(N4CCN(Cc5ccc6c(c5F)C(=O)N(C5CCC(=O)NC5=O)C6=O)CC4)cc3)nc12. The molecule has 1 aromatic heterocycles. The Morgan fingerprint density at radius 3 is 2.38 bits per heavy atom. The van der Waals surface area contributed by atoms with Crippen LogP contribution in [0.3, 0.4) is 0 Å². The summed E-state index contributed by atoms with van der Waals surface area (Å²) in [5.41, 5.74) is 8.17. The van der Waals surface area contributed by atoms with Gasteiger partial charge in [0.2, 0.25) is 11.8 Å². The summed E-state index contributed by atoms with van der Waals surface area (Å²) < 4.78 is 17.4. The first-order valence-electron chi connectivity index (χ1n) is 14.6. The summed E-state index contributed by atoms with van der Waals surface area (Å²) in [5, 5.41) is 7.52. The number of benzene rings is 3. The molecular weight excluding hydrogens is 581 g/mol. The third-order valence-corrected chi connectivity index (χ3v) is 8.67. The summed E-state index contributed by atoms with van der Waals surface area (Å²) in [5.74, 6) is -4.07. The van der Waals surface area contributed by atoms with Gasteiger partial charge in [-0.15, -0.1) is 0 Å². The fourth-order valence-electron chi connectivity index (χ4n) is 6.28. The summed E-state index contributed by atoms with van der Waals surface area (Å²) in [6.07, 6.45) is 1.85. The zero-order valence-electron chi connectivity index (χ0n) is 24.0. The highest BCUT2D eigenvalue weighted by Gasteiger charge is 2.46. The number of primary amides is 1. The number of imide groups is 2. The van der Waals surface area contributed by atoms with Crippen LogP contribution in [-0.2, 0) is 16.1 Å². The third kappa shape index (κ3) is 4.90. The molecule has 0 saturated carbocycles. The lowest BCUT2D eigenvalue weighted by Gasteiger charge is -2.36. The van der Waals surface area contributed by atoms with Crippen molar-refractivity contribution in [3.63, 3.8) is 0 Å². The van der Waals surface area contributed by atoms with Crippen LogP contribution >= 0.6 is 0 Å². The third-order valence-electron chi connectivity index (χ3n) is 8.67. The zero-order valence-corrected chi connectivity index (χ0v) is 24.0. The normalized spacial score (nSPS) is 18.9. The first kappa shape index (κ1) is 28.3. The topological polar surface area (TPSA) is 151 Å². The number of fused-ring (bicyclic) bond motifs is 2. The van der Waals surface area contributed by atoms with E-state index >= 15 is 4.39 Å². The maximum Gasteiger partial charge on any atom is 0.265 e. The van der Waals surface area contributed by atoms with Crippen molar-refractivity contribution < 1.29 is 28.4 Å². The van der Waals surface area contributed by atoms with E-state index in [1.165, 1.54) is 12.1 Å². The monoisotopic (exact) mass is 609 g/mol. The molecule has 3 N–H and O–H groups in total. The van der Waals surface area contributed by atoms with Crippen LogP contribution in [0.4, 0.5) is 10.1 Å². The number of anilines is 1. The smallest absolute Gasteiger partial charge is 0.265 e. The molecule has 4 heterocycles. The van der Waals surface area contributed by atoms with Gasteiger partial charge in [-0.05, 0) is 42.8 Å². The second-order valence-corrected chi connectivity index (χ2v) is 11.4. The van der Waals surface area contributed by atoms with Crippen LogP contribution < -0.4 is 16.0 Å². The average Bonchev–Trinajstić information content (AvgIpc) is 3.58. The van der Waals surface area contributed by atoms with Gasteiger partial charge in [-0.1, -0.05) is 18.2 Å². The number of aromatic nitrogens is 2. The second kappa shape index (κ2) is 10.9. The summed E-state index contributed by atoms with van der Waals surface area (Å²) in [6, 6.07) is 15.0. The Hall–Kier alpha value is -5.43. The lowest BCUT2D eigenvalue weighted by molar-refractivity contribution is -0.136. The van der Waals surface area contributed by atoms with Gasteiger partial charge in [0.15, 0.2) is 0 Å². The van der Waals surface area contributed by atoms with Crippen molar-refractivity contribution in [1.29, 1.82) is 0 Å². The van der Waals surface area contributed by atoms with Crippen LogP contribution in [0.25, 0.3) is 16.6 Å². The largest absolute Gasteiger partial charge is 0.369 e. The summed E-state index contributed by atoms with van der Waals surface area (Å²) >= 11 is 0. The molecule has 7 rings (SSSR count). The van der Waals surface area contributed by atoms with Gasteiger partial charge in [0, 0.05) is 62.0 Å². The van der Waals surface area contributed by atoms with Crippen LogP contribution in [0.1, 0.15) is 49.5 Å². The number of nitrogens with one attached hydrogen (secondary N) is 1. The van der Waals surface area contributed by atoms with Crippen LogP contribution in [0.5, 0.6) is 0 Å². The fourth-order valence-corrected chi connectivity index (χ4v) is 6.28. The van der Waals surface area contributed by atoms with E-state index in [4.69, 9.17) is 5.73 Å². The minimum Gasteiger partial charge on any atom is -0.369 e. The maximum absolute atomic E-state index is 15.7. The van der Waals surface area contributed by atoms with Crippen molar-refractivity contribution in [2.45, 2.75) is 25.4 Å². The van der Waals surface area contributed by atoms with Crippen LogP contribution in [0, 0.1) is 5.82 Å². The number of amides is 5.